The molecule has 5 heteroatoms. The van der Waals surface area contributed by atoms with E-state index in [0.717, 1.165) is 24.5 Å². The molecule has 90 valence electrons. The Bertz CT molecular complexity index is 477. The molecule has 1 aromatic carbocycles. The van der Waals surface area contributed by atoms with Crippen molar-refractivity contribution in [1.29, 1.82) is 0 Å². The van der Waals surface area contributed by atoms with Gasteiger partial charge in [-0.3, -0.25) is 4.79 Å². The SMILES string of the molecule is CN1C(=O)C2CNCCN2c2c(Cl)cccc21. The van der Waals surface area contributed by atoms with Crippen molar-refractivity contribution in [3.8, 4) is 0 Å². The molecular weight excluding hydrogens is 238 g/mol. The van der Waals surface area contributed by atoms with Gasteiger partial charge in [0.15, 0.2) is 0 Å². The molecule has 0 aliphatic carbocycles. The highest BCUT2D eigenvalue weighted by atomic mass is 35.5. The summed E-state index contributed by atoms with van der Waals surface area (Å²) in [4.78, 5) is 16.1. The lowest BCUT2D eigenvalue weighted by atomic mass is 10.0. The first-order chi connectivity index (χ1) is 8.20. The van der Waals surface area contributed by atoms with E-state index in [1.807, 2.05) is 25.2 Å². The molecule has 0 aromatic heterocycles. The van der Waals surface area contributed by atoms with Gasteiger partial charge in [-0.05, 0) is 12.1 Å². The number of amides is 1. The number of hydrogen-bond acceptors (Lipinski definition) is 3. The molecule has 0 radical (unpaired) electrons. The van der Waals surface area contributed by atoms with Crippen molar-refractivity contribution >= 4 is 28.9 Å². The number of rotatable bonds is 0. The number of fused-ring (bicyclic) bond motifs is 3. The van der Waals surface area contributed by atoms with Crippen LogP contribution in [0.15, 0.2) is 18.2 Å². The molecule has 0 saturated carbocycles. The smallest absolute Gasteiger partial charge is 0.250 e. The molecule has 1 saturated heterocycles. The van der Waals surface area contributed by atoms with E-state index in [-0.39, 0.29) is 11.9 Å². The van der Waals surface area contributed by atoms with Crippen LogP contribution in [0.5, 0.6) is 0 Å². The zero-order chi connectivity index (χ0) is 12.0. The fourth-order valence-corrected chi connectivity index (χ4v) is 2.87. The number of piperazine rings is 1. The molecular formula is C12H14ClN3O. The van der Waals surface area contributed by atoms with E-state index < -0.39 is 0 Å². The summed E-state index contributed by atoms with van der Waals surface area (Å²) < 4.78 is 0. The molecule has 1 unspecified atom stereocenters. The summed E-state index contributed by atoms with van der Waals surface area (Å²) in [7, 11) is 1.81. The third-order valence-corrected chi connectivity index (χ3v) is 3.78. The van der Waals surface area contributed by atoms with Crippen LogP contribution < -0.4 is 15.1 Å². The van der Waals surface area contributed by atoms with Gasteiger partial charge in [-0.15, -0.1) is 0 Å². The summed E-state index contributed by atoms with van der Waals surface area (Å²) in [5.74, 6) is 0.131. The van der Waals surface area contributed by atoms with Gasteiger partial charge in [0.05, 0.1) is 16.4 Å². The fraction of sp³-hybridized carbons (Fsp3) is 0.417. The number of nitrogens with zero attached hydrogens (tertiary/aromatic N) is 2. The van der Waals surface area contributed by atoms with Crippen LogP contribution in [0.4, 0.5) is 11.4 Å². The van der Waals surface area contributed by atoms with Gasteiger partial charge in [0.1, 0.15) is 6.04 Å². The lowest BCUT2D eigenvalue weighted by Crippen LogP contribution is -2.61. The molecule has 2 aliphatic heterocycles. The highest BCUT2D eigenvalue weighted by Crippen LogP contribution is 2.40. The second-order valence-electron chi connectivity index (χ2n) is 4.42. The Hall–Kier alpha value is -1.26. The summed E-state index contributed by atoms with van der Waals surface area (Å²) in [6.07, 6.45) is 0. The molecule has 4 nitrogen and oxygen atoms in total. The zero-order valence-electron chi connectivity index (χ0n) is 9.61. The number of halogens is 1. The van der Waals surface area contributed by atoms with Gasteiger partial charge in [-0.1, -0.05) is 17.7 Å². The second kappa shape index (κ2) is 3.89. The van der Waals surface area contributed by atoms with Crippen molar-refractivity contribution in [3.05, 3.63) is 23.2 Å². The number of carbonyl (C=O) groups excluding carboxylic acids is 1. The summed E-state index contributed by atoms with van der Waals surface area (Å²) in [5, 5.41) is 3.97. The average molecular weight is 252 g/mol. The number of anilines is 2. The molecule has 1 atom stereocenters. The maximum absolute atomic E-state index is 12.2. The Kier molecular flexibility index (Phi) is 2.49. The van der Waals surface area contributed by atoms with Crippen molar-refractivity contribution in [1.82, 2.24) is 5.32 Å². The summed E-state index contributed by atoms with van der Waals surface area (Å²) in [5.41, 5.74) is 1.89. The molecule has 1 aromatic rings. The van der Waals surface area contributed by atoms with Crippen molar-refractivity contribution in [3.63, 3.8) is 0 Å². The first-order valence-electron chi connectivity index (χ1n) is 5.73. The Morgan fingerprint density at radius 1 is 1.47 bits per heavy atom. The fourth-order valence-electron chi connectivity index (χ4n) is 2.59. The van der Waals surface area contributed by atoms with E-state index in [0.29, 0.717) is 11.6 Å². The standard InChI is InChI=1S/C12H14ClN3O/c1-15-9-4-2-3-8(13)11(9)16-6-5-14-7-10(16)12(15)17/h2-4,10,14H,5-7H2,1H3. The molecule has 1 amide bonds. The minimum atomic E-state index is -0.124. The van der Waals surface area contributed by atoms with Crippen LogP contribution in [-0.2, 0) is 4.79 Å². The number of hydrogen-bond donors (Lipinski definition) is 1. The molecule has 1 fully saturated rings. The third-order valence-electron chi connectivity index (χ3n) is 3.47. The van der Waals surface area contributed by atoms with Crippen molar-refractivity contribution in [2.45, 2.75) is 6.04 Å². The topological polar surface area (TPSA) is 35.6 Å². The molecule has 17 heavy (non-hydrogen) atoms. The molecule has 0 spiro atoms. The van der Waals surface area contributed by atoms with E-state index in [2.05, 4.69) is 10.2 Å². The Morgan fingerprint density at radius 3 is 3.12 bits per heavy atom. The number of para-hydroxylation sites is 1. The number of likely N-dealkylation sites (N-methyl/N-ethyl adjacent to an activating group) is 1. The van der Waals surface area contributed by atoms with Gasteiger partial charge in [0.25, 0.3) is 5.91 Å². The first-order valence-corrected chi connectivity index (χ1v) is 6.11. The highest BCUT2D eigenvalue weighted by molar-refractivity contribution is 6.34. The molecule has 3 rings (SSSR count). The van der Waals surface area contributed by atoms with Crippen molar-refractivity contribution in [2.24, 2.45) is 0 Å². The van der Waals surface area contributed by atoms with Gasteiger partial charge in [0, 0.05) is 26.7 Å². The summed E-state index contributed by atoms with van der Waals surface area (Å²) in [6.45, 7) is 2.40. The largest absolute Gasteiger partial charge is 0.354 e. The molecule has 0 bridgehead atoms. The number of nitrogens with one attached hydrogen (secondary N) is 1. The second-order valence-corrected chi connectivity index (χ2v) is 4.83. The molecule has 2 heterocycles. The lowest BCUT2D eigenvalue weighted by molar-refractivity contribution is -0.120. The lowest BCUT2D eigenvalue weighted by Gasteiger charge is -2.44. The van der Waals surface area contributed by atoms with Crippen LogP contribution in [-0.4, -0.2) is 38.6 Å². The van der Waals surface area contributed by atoms with Crippen LogP contribution in [0.3, 0.4) is 0 Å². The van der Waals surface area contributed by atoms with Gasteiger partial charge < -0.3 is 15.1 Å². The Labute approximate surface area is 105 Å². The maximum Gasteiger partial charge on any atom is 0.250 e. The average Bonchev–Trinajstić information content (AvgIpc) is 2.36. The quantitative estimate of drug-likeness (QED) is 0.750. The predicted octanol–water partition coefficient (Wildman–Crippen LogP) is 1.09. The van der Waals surface area contributed by atoms with Crippen molar-refractivity contribution in [2.75, 3.05) is 36.5 Å². The van der Waals surface area contributed by atoms with Gasteiger partial charge in [-0.25, -0.2) is 0 Å². The normalized spacial score (nSPS) is 23.4. The Morgan fingerprint density at radius 2 is 2.29 bits per heavy atom. The van der Waals surface area contributed by atoms with E-state index in [4.69, 9.17) is 11.6 Å². The number of carbonyl (C=O) groups is 1. The monoisotopic (exact) mass is 251 g/mol. The van der Waals surface area contributed by atoms with Crippen LogP contribution in [0.25, 0.3) is 0 Å². The van der Waals surface area contributed by atoms with E-state index in [9.17, 15) is 4.79 Å². The molecule has 2 aliphatic rings. The summed E-state index contributed by atoms with van der Waals surface area (Å²) in [6, 6.07) is 5.58. The van der Waals surface area contributed by atoms with Crippen LogP contribution in [0, 0.1) is 0 Å². The number of benzene rings is 1. The van der Waals surface area contributed by atoms with Crippen molar-refractivity contribution < 1.29 is 4.79 Å². The minimum absolute atomic E-state index is 0.124. The van der Waals surface area contributed by atoms with Crippen LogP contribution in [0.2, 0.25) is 5.02 Å². The van der Waals surface area contributed by atoms with E-state index in [1.54, 1.807) is 4.90 Å². The molecule has 1 N–H and O–H groups in total. The van der Waals surface area contributed by atoms with Gasteiger partial charge in [-0.2, -0.15) is 0 Å². The summed E-state index contributed by atoms with van der Waals surface area (Å²) >= 11 is 6.28. The minimum Gasteiger partial charge on any atom is -0.354 e. The van der Waals surface area contributed by atoms with Gasteiger partial charge in [0.2, 0.25) is 0 Å². The van der Waals surface area contributed by atoms with E-state index in [1.165, 1.54) is 0 Å². The predicted molar refractivity (Wildman–Crippen MR) is 68.9 cm³/mol. The Balaban J connectivity index is 2.16. The third kappa shape index (κ3) is 1.51. The van der Waals surface area contributed by atoms with Crippen LogP contribution in [0.1, 0.15) is 0 Å². The maximum atomic E-state index is 12.2. The van der Waals surface area contributed by atoms with Gasteiger partial charge >= 0.3 is 0 Å². The highest BCUT2D eigenvalue weighted by Gasteiger charge is 2.38. The first kappa shape index (κ1) is 10.9. The zero-order valence-corrected chi connectivity index (χ0v) is 10.4. The van der Waals surface area contributed by atoms with E-state index >= 15 is 0 Å². The van der Waals surface area contributed by atoms with Crippen LogP contribution >= 0.6 is 11.6 Å².